The molecule has 0 atom stereocenters. The van der Waals surface area contributed by atoms with Gasteiger partial charge in [-0.3, -0.25) is 4.99 Å². The number of ether oxygens (including phenoxy) is 1. The average Bonchev–Trinajstić information content (AvgIpc) is 2.60. The zero-order valence-corrected chi connectivity index (χ0v) is 16.6. The summed E-state index contributed by atoms with van der Waals surface area (Å²) in [5.41, 5.74) is 0. The SMILES string of the molecule is CCCCOCCCNC(=NC)NCCS(=O)(=O)N1CCSCC1. The van der Waals surface area contributed by atoms with E-state index in [1.54, 1.807) is 23.1 Å². The van der Waals surface area contributed by atoms with Gasteiger partial charge >= 0.3 is 0 Å². The van der Waals surface area contributed by atoms with Crippen molar-refractivity contribution in [2.24, 2.45) is 4.99 Å². The molecule has 0 aromatic rings. The van der Waals surface area contributed by atoms with E-state index >= 15 is 0 Å². The van der Waals surface area contributed by atoms with Gasteiger partial charge in [0.1, 0.15) is 0 Å². The Morgan fingerprint density at radius 2 is 1.83 bits per heavy atom. The van der Waals surface area contributed by atoms with Gasteiger partial charge in [-0.05, 0) is 12.8 Å². The highest BCUT2D eigenvalue weighted by Crippen LogP contribution is 2.12. The Balaban J connectivity index is 2.15. The molecule has 0 unspecified atom stereocenters. The fourth-order valence-electron chi connectivity index (χ4n) is 2.20. The first-order chi connectivity index (χ1) is 11.6. The zero-order valence-electron chi connectivity index (χ0n) is 14.9. The molecule has 0 radical (unpaired) electrons. The summed E-state index contributed by atoms with van der Waals surface area (Å²) in [5.74, 6) is 2.50. The number of nitrogens with one attached hydrogen (secondary N) is 2. The lowest BCUT2D eigenvalue weighted by molar-refractivity contribution is 0.129. The molecule has 0 saturated carbocycles. The Morgan fingerprint density at radius 3 is 2.50 bits per heavy atom. The largest absolute Gasteiger partial charge is 0.381 e. The molecule has 1 rings (SSSR count). The molecule has 0 spiro atoms. The van der Waals surface area contributed by atoms with Crippen LogP contribution in [0.15, 0.2) is 4.99 Å². The number of guanidine groups is 1. The second kappa shape index (κ2) is 12.8. The first kappa shape index (κ1) is 21.5. The summed E-state index contributed by atoms with van der Waals surface area (Å²) in [4.78, 5) is 4.11. The lowest BCUT2D eigenvalue weighted by atomic mass is 10.4. The molecular formula is C15H32N4O3S2. The fraction of sp³-hybridized carbons (Fsp3) is 0.933. The Labute approximate surface area is 151 Å². The Kier molecular flexibility index (Phi) is 11.5. The van der Waals surface area contributed by atoms with E-state index in [1.165, 1.54) is 0 Å². The summed E-state index contributed by atoms with van der Waals surface area (Å²) in [6.45, 7) is 6.04. The molecule has 1 saturated heterocycles. The van der Waals surface area contributed by atoms with E-state index in [2.05, 4.69) is 22.5 Å². The molecule has 0 aromatic carbocycles. The molecule has 1 fully saturated rings. The molecule has 24 heavy (non-hydrogen) atoms. The van der Waals surface area contributed by atoms with Crippen molar-refractivity contribution in [2.75, 3.05) is 63.7 Å². The Morgan fingerprint density at radius 1 is 1.17 bits per heavy atom. The van der Waals surface area contributed by atoms with Gasteiger partial charge in [0.2, 0.25) is 10.0 Å². The number of aliphatic imine (C=N–C) groups is 1. The van der Waals surface area contributed by atoms with Crippen LogP contribution >= 0.6 is 11.8 Å². The van der Waals surface area contributed by atoms with Crippen LogP contribution < -0.4 is 10.6 Å². The van der Waals surface area contributed by atoms with Crippen molar-refractivity contribution < 1.29 is 13.2 Å². The molecule has 7 nitrogen and oxygen atoms in total. The number of thioether (sulfide) groups is 1. The molecule has 9 heteroatoms. The molecule has 0 aromatic heterocycles. The van der Waals surface area contributed by atoms with Crippen LogP contribution in [0.1, 0.15) is 26.2 Å². The van der Waals surface area contributed by atoms with Crippen LogP contribution in [0.5, 0.6) is 0 Å². The molecule has 1 aliphatic heterocycles. The van der Waals surface area contributed by atoms with E-state index in [4.69, 9.17) is 4.74 Å². The minimum Gasteiger partial charge on any atom is -0.381 e. The van der Waals surface area contributed by atoms with Gasteiger partial charge in [-0.15, -0.1) is 0 Å². The first-order valence-corrected chi connectivity index (χ1v) is 11.4. The number of rotatable bonds is 11. The number of nitrogens with zero attached hydrogens (tertiary/aromatic N) is 2. The van der Waals surface area contributed by atoms with Crippen LogP contribution in [0.2, 0.25) is 0 Å². The molecule has 0 aliphatic carbocycles. The molecule has 1 heterocycles. The zero-order chi connectivity index (χ0) is 17.7. The van der Waals surface area contributed by atoms with E-state index in [9.17, 15) is 8.42 Å². The average molecular weight is 381 g/mol. The van der Waals surface area contributed by atoms with Crippen LogP contribution in [0, 0.1) is 0 Å². The van der Waals surface area contributed by atoms with Crippen LogP contribution in [-0.2, 0) is 14.8 Å². The quantitative estimate of drug-likeness (QED) is 0.312. The summed E-state index contributed by atoms with van der Waals surface area (Å²) in [7, 11) is -1.49. The maximum atomic E-state index is 12.2. The van der Waals surface area contributed by atoms with E-state index in [-0.39, 0.29) is 5.75 Å². The lowest BCUT2D eigenvalue weighted by Gasteiger charge is -2.25. The molecular weight excluding hydrogens is 348 g/mol. The lowest BCUT2D eigenvalue weighted by Crippen LogP contribution is -2.44. The number of hydrogen-bond acceptors (Lipinski definition) is 5. The highest BCUT2D eigenvalue weighted by Gasteiger charge is 2.23. The van der Waals surface area contributed by atoms with Crippen LogP contribution in [-0.4, -0.2) is 82.4 Å². The maximum Gasteiger partial charge on any atom is 0.215 e. The van der Waals surface area contributed by atoms with Crippen molar-refractivity contribution in [3.8, 4) is 0 Å². The van der Waals surface area contributed by atoms with Crippen LogP contribution in [0.4, 0.5) is 0 Å². The summed E-state index contributed by atoms with van der Waals surface area (Å²) in [5, 5.41) is 6.24. The van der Waals surface area contributed by atoms with Gasteiger partial charge in [-0.25, -0.2) is 12.7 Å². The topological polar surface area (TPSA) is 83.0 Å². The summed E-state index contributed by atoms with van der Waals surface area (Å²) in [6.07, 6.45) is 3.14. The standard InChI is InChI=1S/C15H32N4O3S2/c1-3-4-10-22-11-5-6-17-15(16-2)18-7-14-24(20,21)19-8-12-23-13-9-19/h3-14H2,1-2H3,(H2,16,17,18). The minimum atomic E-state index is -3.17. The molecule has 1 aliphatic rings. The summed E-state index contributed by atoms with van der Waals surface area (Å²) < 4.78 is 31.6. The summed E-state index contributed by atoms with van der Waals surface area (Å²) >= 11 is 1.80. The molecule has 142 valence electrons. The van der Waals surface area contributed by atoms with E-state index in [1.807, 2.05) is 0 Å². The van der Waals surface area contributed by atoms with Crippen molar-refractivity contribution in [2.45, 2.75) is 26.2 Å². The van der Waals surface area contributed by atoms with E-state index in [0.717, 1.165) is 50.5 Å². The maximum absolute atomic E-state index is 12.2. The highest BCUT2D eigenvalue weighted by atomic mass is 32.2. The monoisotopic (exact) mass is 380 g/mol. The normalized spacial score (nSPS) is 17.0. The van der Waals surface area contributed by atoms with Gasteiger partial charge in [0.25, 0.3) is 0 Å². The van der Waals surface area contributed by atoms with Gasteiger partial charge in [0.05, 0.1) is 5.75 Å². The van der Waals surface area contributed by atoms with Gasteiger partial charge in [-0.2, -0.15) is 11.8 Å². The highest BCUT2D eigenvalue weighted by molar-refractivity contribution is 7.99. The smallest absolute Gasteiger partial charge is 0.215 e. The summed E-state index contributed by atoms with van der Waals surface area (Å²) in [6, 6.07) is 0. The molecule has 0 amide bonds. The minimum absolute atomic E-state index is 0.0957. The first-order valence-electron chi connectivity index (χ1n) is 8.68. The number of sulfonamides is 1. The van der Waals surface area contributed by atoms with Crippen LogP contribution in [0.25, 0.3) is 0 Å². The Hall–Kier alpha value is -0.510. The van der Waals surface area contributed by atoms with Crippen LogP contribution in [0.3, 0.4) is 0 Å². The third kappa shape index (κ3) is 9.10. The van der Waals surface area contributed by atoms with Gasteiger partial charge < -0.3 is 15.4 Å². The van der Waals surface area contributed by atoms with Crippen molar-refractivity contribution in [3.05, 3.63) is 0 Å². The fourth-order valence-corrected chi connectivity index (χ4v) is 4.69. The van der Waals surface area contributed by atoms with Crippen molar-refractivity contribution in [3.63, 3.8) is 0 Å². The Bertz CT molecular complexity index is 452. The van der Waals surface area contributed by atoms with Crippen molar-refractivity contribution >= 4 is 27.7 Å². The van der Waals surface area contributed by atoms with Gasteiger partial charge in [0.15, 0.2) is 5.96 Å². The molecule has 2 N–H and O–H groups in total. The van der Waals surface area contributed by atoms with E-state index < -0.39 is 10.0 Å². The van der Waals surface area contributed by atoms with Gasteiger partial charge in [0, 0.05) is 57.9 Å². The predicted molar refractivity (Wildman–Crippen MR) is 102 cm³/mol. The molecule has 0 bridgehead atoms. The van der Waals surface area contributed by atoms with Crippen molar-refractivity contribution in [1.29, 1.82) is 0 Å². The van der Waals surface area contributed by atoms with E-state index in [0.29, 0.717) is 25.6 Å². The van der Waals surface area contributed by atoms with Gasteiger partial charge in [-0.1, -0.05) is 13.3 Å². The second-order valence-electron chi connectivity index (χ2n) is 5.57. The second-order valence-corrected chi connectivity index (χ2v) is 8.89. The van der Waals surface area contributed by atoms with Crippen molar-refractivity contribution in [1.82, 2.24) is 14.9 Å². The third-order valence-electron chi connectivity index (χ3n) is 3.64. The predicted octanol–water partition coefficient (Wildman–Crippen LogP) is 0.737. The third-order valence-corrected chi connectivity index (χ3v) is 6.45. The number of hydrogen-bond donors (Lipinski definition) is 2. The number of unbranched alkanes of at least 4 members (excludes halogenated alkanes) is 1.